The number of aliphatic imine (C=N–C) groups is 1. The minimum atomic E-state index is 0.0307. The number of amidine groups is 1. The van der Waals surface area contributed by atoms with Crippen LogP contribution in [0.25, 0.3) is 17.2 Å². The molecule has 0 aromatic heterocycles. The molecule has 0 saturated carbocycles. The van der Waals surface area contributed by atoms with Crippen molar-refractivity contribution in [3.05, 3.63) is 53.6 Å². The highest BCUT2D eigenvalue weighted by molar-refractivity contribution is 7.97. The second-order valence-corrected chi connectivity index (χ2v) is 10.7. The van der Waals surface area contributed by atoms with Gasteiger partial charge in [-0.25, -0.2) is 9.30 Å². The van der Waals surface area contributed by atoms with Crippen molar-refractivity contribution < 1.29 is 9.90 Å². The number of amides is 1. The number of fused-ring (bicyclic) bond motifs is 1. The van der Waals surface area contributed by atoms with Crippen LogP contribution in [-0.4, -0.2) is 65.4 Å². The lowest BCUT2D eigenvalue weighted by atomic mass is 10.0. The topological polar surface area (TPSA) is 108 Å². The summed E-state index contributed by atoms with van der Waals surface area (Å²) in [5, 5.41) is 9.26. The number of hydrogen-bond donors (Lipinski definition) is 3. The molecule has 36 heavy (non-hydrogen) atoms. The number of aliphatic hydroxyl groups excluding tert-OH is 1. The first kappa shape index (κ1) is 26.4. The van der Waals surface area contributed by atoms with Crippen LogP contribution < -0.4 is 11.5 Å². The Morgan fingerprint density at radius 2 is 1.97 bits per heavy atom. The van der Waals surface area contributed by atoms with E-state index in [1.54, 1.807) is 11.9 Å². The summed E-state index contributed by atoms with van der Waals surface area (Å²) in [7, 11) is 0. The van der Waals surface area contributed by atoms with Gasteiger partial charge in [-0.1, -0.05) is 31.2 Å². The molecule has 1 fully saturated rings. The van der Waals surface area contributed by atoms with Crippen molar-refractivity contribution >= 4 is 35.5 Å². The van der Waals surface area contributed by atoms with Crippen molar-refractivity contribution in [1.82, 2.24) is 9.21 Å². The summed E-state index contributed by atoms with van der Waals surface area (Å²) in [4.78, 5) is 21.1. The Kier molecular flexibility index (Phi) is 9.20. The van der Waals surface area contributed by atoms with E-state index in [4.69, 9.17) is 11.5 Å². The van der Waals surface area contributed by atoms with Crippen LogP contribution in [-0.2, 0) is 4.79 Å². The van der Waals surface area contributed by atoms with Crippen LogP contribution >= 0.6 is 11.9 Å². The molecule has 2 aromatic carbocycles. The highest BCUT2D eigenvalue weighted by Crippen LogP contribution is 2.35. The number of nitrogens with zero attached hydrogens (tertiary/aromatic N) is 3. The number of benzene rings is 2. The van der Waals surface area contributed by atoms with Crippen molar-refractivity contribution in [2.24, 2.45) is 22.4 Å². The Bertz CT molecular complexity index is 1130. The highest BCUT2D eigenvalue weighted by atomic mass is 32.2. The number of unbranched alkanes of at least 4 members (excludes halogenated alkanes) is 1. The van der Waals surface area contributed by atoms with Gasteiger partial charge in [0.05, 0.1) is 5.69 Å². The molecule has 192 valence electrons. The molecule has 1 saturated heterocycles. The molecule has 5 N–H and O–H groups in total. The van der Waals surface area contributed by atoms with Gasteiger partial charge in [-0.3, -0.25) is 4.79 Å². The minimum absolute atomic E-state index is 0.0307. The summed E-state index contributed by atoms with van der Waals surface area (Å²) in [5.74, 6) is 0.867. The van der Waals surface area contributed by atoms with Crippen molar-refractivity contribution in [3.63, 3.8) is 0 Å². The van der Waals surface area contributed by atoms with Gasteiger partial charge < -0.3 is 21.5 Å². The fraction of sp³-hybridized carbons (Fsp3) is 0.429. The van der Waals surface area contributed by atoms with Crippen molar-refractivity contribution in [2.45, 2.75) is 37.5 Å². The first-order valence-corrected chi connectivity index (χ1v) is 13.6. The Morgan fingerprint density at radius 1 is 1.17 bits per heavy atom. The molecule has 0 spiro atoms. The highest BCUT2D eigenvalue weighted by Gasteiger charge is 2.26. The largest absolute Gasteiger partial charge is 0.396 e. The van der Waals surface area contributed by atoms with E-state index in [-0.39, 0.29) is 12.5 Å². The fourth-order valence-electron chi connectivity index (χ4n) is 4.54. The normalized spacial score (nSPS) is 16.0. The Labute approximate surface area is 218 Å². The van der Waals surface area contributed by atoms with Gasteiger partial charge in [0.15, 0.2) is 0 Å². The summed E-state index contributed by atoms with van der Waals surface area (Å²) in [5.41, 5.74) is 16.5. The summed E-state index contributed by atoms with van der Waals surface area (Å²) >= 11 is 1.72. The summed E-state index contributed by atoms with van der Waals surface area (Å²) in [6, 6.07) is 14.6. The van der Waals surface area contributed by atoms with E-state index in [0.29, 0.717) is 36.8 Å². The van der Waals surface area contributed by atoms with Crippen molar-refractivity contribution in [3.8, 4) is 11.1 Å². The third-order valence-corrected chi connectivity index (χ3v) is 7.54. The molecule has 0 atom stereocenters. The van der Waals surface area contributed by atoms with Gasteiger partial charge in [-0.2, -0.15) is 0 Å². The van der Waals surface area contributed by atoms with Crippen molar-refractivity contribution in [1.29, 1.82) is 0 Å². The zero-order valence-corrected chi connectivity index (χ0v) is 21.8. The molecule has 2 aliphatic rings. The molecule has 1 amide bonds. The maximum absolute atomic E-state index is 13.4. The van der Waals surface area contributed by atoms with Gasteiger partial charge >= 0.3 is 0 Å². The molecule has 0 radical (unpaired) electrons. The monoisotopic (exact) mass is 507 g/mol. The predicted molar refractivity (Wildman–Crippen MR) is 149 cm³/mol. The van der Waals surface area contributed by atoms with Crippen LogP contribution in [0.3, 0.4) is 0 Å². The number of hydrogen-bond acceptors (Lipinski definition) is 7. The second kappa shape index (κ2) is 12.5. The lowest BCUT2D eigenvalue weighted by molar-refractivity contribution is -0.127. The Hall–Kier alpha value is -2.65. The SMILES string of the molecule is CCCN(CCCCN)C(=O)C1=Cc2ccc(-c3cccc(SN4CC(CO)C4)c3)cc2N=C(N)C1. The first-order chi connectivity index (χ1) is 17.5. The molecular weight excluding hydrogens is 470 g/mol. The Morgan fingerprint density at radius 3 is 2.72 bits per heavy atom. The molecule has 0 bridgehead atoms. The molecular formula is C28H37N5O2S. The molecule has 4 rings (SSSR count). The van der Waals surface area contributed by atoms with E-state index < -0.39 is 0 Å². The molecule has 2 aliphatic heterocycles. The third kappa shape index (κ3) is 6.56. The van der Waals surface area contributed by atoms with Gasteiger partial charge in [0.1, 0.15) is 5.84 Å². The molecule has 7 nitrogen and oxygen atoms in total. The quantitative estimate of drug-likeness (QED) is 0.313. The lowest BCUT2D eigenvalue weighted by Crippen LogP contribution is -2.43. The summed E-state index contributed by atoms with van der Waals surface area (Å²) in [6.07, 6.45) is 5.00. The molecule has 8 heteroatoms. The molecule has 0 aliphatic carbocycles. The standard InChI is InChI=1S/C28H37N5O2S/c1-2-11-32(12-4-3-10-29)28(35)24-13-23-9-8-22(15-26(23)31-27(30)16-24)21-6-5-7-25(14-21)36-33-17-20(18-33)19-34/h5-9,13-15,20,34H,2-4,10-12,16-19,29H2,1H3,(H2,30,31). The average molecular weight is 508 g/mol. The lowest BCUT2D eigenvalue weighted by Gasteiger charge is -2.36. The summed E-state index contributed by atoms with van der Waals surface area (Å²) in [6.45, 7) is 6.22. The van der Waals surface area contributed by atoms with Crippen LogP contribution in [0.2, 0.25) is 0 Å². The van der Waals surface area contributed by atoms with Gasteiger partial charge in [0.25, 0.3) is 0 Å². The zero-order chi connectivity index (χ0) is 25.5. The van der Waals surface area contributed by atoms with Gasteiger partial charge in [-0.15, -0.1) is 0 Å². The van der Waals surface area contributed by atoms with Gasteiger partial charge in [0.2, 0.25) is 5.91 Å². The van der Waals surface area contributed by atoms with E-state index in [2.05, 4.69) is 46.6 Å². The minimum Gasteiger partial charge on any atom is -0.396 e. The second-order valence-electron chi connectivity index (χ2n) is 9.53. The van der Waals surface area contributed by atoms with Gasteiger partial charge in [-0.05, 0) is 73.2 Å². The Balaban J connectivity index is 1.54. The number of carbonyl (C=O) groups is 1. The molecule has 0 unspecified atom stereocenters. The van der Waals surface area contributed by atoms with Crippen molar-refractivity contribution in [2.75, 3.05) is 39.3 Å². The van der Waals surface area contributed by atoms with E-state index in [9.17, 15) is 9.90 Å². The van der Waals surface area contributed by atoms with Crippen LogP contribution in [0, 0.1) is 5.92 Å². The smallest absolute Gasteiger partial charge is 0.250 e. The van der Waals surface area contributed by atoms with E-state index in [1.807, 2.05) is 23.1 Å². The first-order valence-electron chi connectivity index (χ1n) is 12.8. The van der Waals surface area contributed by atoms with Crippen LogP contribution in [0.4, 0.5) is 5.69 Å². The maximum Gasteiger partial charge on any atom is 0.250 e. The van der Waals surface area contributed by atoms with Crippen LogP contribution in [0.15, 0.2) is 57.9 Å². The molecule has 2 heterocycles. The van der Waals surface area contributed by atoms with Gasteiger partial charge in [0, 0.05) is 61.2 Å². The summed E-state index contributed by atoms with van der Waals surface area (Å²) < 4.78 is 2.27. The maximum atomic E-state index is 13.4. The third-order valence-electron chi connectivity index (χ3n) is 6.52. The molecule has 2 aromatic rings. The fourth-order valence-corrected chi connectivity index (χ4v) is 5.72. The number of nitrogens with two attached hydrogens (primary N) is 2. The van der Waals surface area contributed by atoms with E-state index in [0.717, 1.165) is 61.3 Å². The number of carbonyl (C=O) groups excluding carboxylic acids is 1. The van der Waals surface area contributed by atoms with Crippen LogP contribution in [0.5, 0.6) is 0 Å². The van der Waals surface area contributed by atoms with Crippen LogP contribution in [0.1, 0.15) is 38.2 Å². The predicted octanol–water partition coefficient (Wildman–Crippen LogP) is 4.04. The zero-order valence-electron chi connectivity index (χ0n) is 21.0. The number of aliphatic hydroxyl groups is 1. The average Bonchev–Trinajstić information content (AvgIpc) is 3.02. The van der Waals surface area contributed by atoms with E-state index in [1.165, 1.54) is 4.90 Å². The van der Waals surface area contributed by atoms with E-state index >= 15 is 0 Å². The number of rotatable bonds is 11.